The molecule has 1 aliphatic heterocycles. The number of carbonyl (C=O) groups is 2. The smallest absolute Gasteiger partial charge is 0.298 e. The van der Waals surface area contributed by atoms with Crippen molar-refractivity contribution in [3.8, 4) is 16.9 Å². The number of hydrogen-bond donors (Lipinski definition) is 0. The maximum atomic E-state index is 13.1. The summed E-state index contributed by atoms with van der Waals surface area (Å²) in [6, 6.07) is 15.1. The largest absolute Gasteiger partial charge is 0.491 e. The van der Waals surface area contributed by atoms with Gasteiger partial charge in [0.2, 0.25) is 5.82 Å². The van der Waals surface area contributed by atoms with E-state index in [0.29, 0.717) is 11.3 Å². The van der Waals surface area contributed by atoms with Gasteiger partial charge in [-0.1, -0.05) is 35.9 Å². The lowest BCUT2D eigenvalue weighted by molar-refractivity contribution is 0.0604. The third-order valence-electron chi connectivity index (χ3n) is 4.41. The summed E-state index contributed by atoms with van der Waals surface area (Å²) in [5, 5.41) is 0. The van der Waals surface area contributed by atoms with Gasteiger partial charge in [-0.15, -0.1) is 0 Å². The van der Waals surface area contributed by atoms with E-state index in [1.54, 1.807) is 18.2 Å². The Balaban J connectivity index is 1.71. The minimum atomic E-state index is -0.530. The molecule has 0 saturated carbocycles. The van der Waals surface area contributed by atoms with Crippen molar-refractivity contribution in [1.82, 2.24) is 14.9 Å². The number of hydrogen-bond acceptors (Lipinski definition) is 5. The number of ether oxygens (including phenoxy) is 1. The summed E-state index contributed by atoms with van der Waals surface area (Å²) in [5.74, 6) is -0.476. The first kappa shape index (κ1) is 16.9. The predicted octanol–water partition coefficient (Wildman–Crippen LogP) is 3.13. The fourth-order valence-electron chi connectivity index (χ4n) is 2.97. The Bertz CT molecular complexity index is 1000. The summed E-state index contributed by atoms with van der Waals surface area (Å²) in [5.41, 5.74) is 3.39. The highest BCUT2D eigenvalue weighted by molar-refractivity contribution is 6.10. The van der Waals surface area contributed by atoms with Gasteiger partial charge in [0, 0.05) is 12.4 Å². The number of rotatable bonds is 2. The molecule has 2 amide bonds. The monoisotopic (exact) mass is 359 g/mol. The van der Waals surface area contributed by atoms with Crippen LogP contribution >= 0.6 is 0 Å². The Labute approximate surface area is 156 Å². The molecule has 0 bridgehead atoms. The van der Waals surface area contributed by atoms with Crippen LogP contribution in [0.3, 0.4) is 0 Å². The van der Waals surface area contributed by atoms with E-state index >= 15 is 0 Å². The molecular weight excluding hydrogens is 342 g/mol. The van der Waals surface area contributed by atoms with E-state index in [9.17, 15) is 9.59 Å². The SMILES string of the molecule is Cc1ccc(-c2ccc3c(c2)C(=O)N(C(=O)c2ncccn2)CCO3)cc1. The van der Waals surface area contributed by atoms with Crippen LogP contribution in [-0.4, -0.2) is 39.8 Å². The molecule has 1 aromatic heterocycles. The lowest BCUT2D eigenvalue weighted by atomic mass is 10.0. The van der Waals surface area contributed by atoms with Crippen molar-refractivity contribution in [3.63, 3.8) is 0 Å². The van der Waals surface area contributed by atoms with Crippen molar-refractivity contribution in [1.29, 1.82) is 0 Å². The van der Waals surface area contributed by atoms with Crippen LogP contribution in [0, 0.1) is 6.92 Å². The van der Waals surface area contributed by atoms with Crippen LogP contribution in [0.1, 0.15) is 26.5 Å². The summed E-state index contributed by atoms with van der Waals surface area (Å²) in [6.07, 6.45) is 2.95. The highest BCUT2D eigenvalue weighted by Gasteiger charge is 2.30. The van der Waals surface area contributed by atoms with Crippen LogP contribution < -0.4 is 4.74 Å². The first-order valence-corrected chi connectivity index (χ1v) is 8.60. The van der Waals surface area contributed by atoms with Gasteiger partial charge < -0.3 is 4.74 Å². The van der Waals surface area contributed by atoms with E-state index in [1.165, 1.54) is 12.4 Å². The van der Waals surface area contributed by atoms with E-state index in [4.69, 9.17) is 4.74 Å². The highest BCUT2D eigenvalue weighted by atomic mass is 16.5. The maximum absolute atomic E-state index is 13.1. The average Bonchev–Trinajstić information content (AvgIpc) is 2.87. The summed E-state index contributed by atoms with van der Waals surface area (Å²) in [4.78, 5) is 34.8. The van der Waals surface area contributed by atoms with Crippen LogP contribution in [0.15, 0.2) is 60.9 Å². The first-order valence-electron chi connectivity index (χ1n) is 8.60. The zero-order valence-electron chi connectivity index (χ0n) is 14.8. The normalized spacial score (nSPS) is 13.5. The molecule has 2 aromatic carbocycles. The van der Waals surface area contributed by atoms with Crippen LogP contribution in [0.5, 0.6) is 5.75 Å². The molecule has 4 rings (SSSR count). The number of fused-ring (bicyclic) bond motifs is 1. The molecule has 1 aliphatic rings. The van der Waals surface area contributed by atoms with E-state index in [2.05, 4.69) is 9.97 Å². The second-order valence-electron chi connectivity index (χ2n) is 6.26. The number of benzene rings is 2. The molecule has 0 saturated heterocycles. The molecule has 2 heterocycles. The molecular formula is C21H17N3O3. The van der Waals surface area contributed by atoms with E-state index in [-0.39, 0.29) is 19.0 Å². The Morgan fingerprint density at radius 1 is 1.04 bits per heavy atom. The molecule has 0 N–H and O–H groups in total. The average molecular weight is 359 g/mol. The van der Waals surface area contributed by atoms with Crippen molar-refractivity contribution >= 4 is 11.8 Å². The van der Waals surface area contributed by atoms with Crippen LogP contribution in [0.4, 0.5) is 0 Å². The lowest BCUT2D eigenvalue weighted by Crippen LogP contribution is -2.39. The van der Waals surface area contributed by atoms with E-state index in [0.717, 1.165) is 21.6 Å². The van der Waals surface area contributed by atoms with Gasteiger partial charge in [0.15, 0.2) is 0 Å². The van der Waals surface area contributed by atoms with E-state index < -0.39 is 11.8 Å². The van der Waals surface area contributed by atoms with Crippen molar-refractivity contribution in [3.05, 3.63) is 77.9 Å². The Hall–Kier alpha value is -3.54. The van der Waals surface area contributed by atoms with Crippen molar-refractivity contribution in [2.24, 2.45) is 0 Å². The van der Waals surface area contributed by atoms with Gasteiger partial charge in [-0.25, -0.2) is 9.97 Å². The minimum Gasteiger partial charge on any atom is -0.491 e. The van der Waals surface area contributed by atoms with Crippen molar-refractivity contribution in [2.75, 3.05) is 13.2 Å². The molecule has 0 unspecified atom stereocenters. The molecule has 27 heavy (non-hydrogen) atoms. The first-order chi connectivity index (χ1) is 13.1. The standard InChI is InChI=1S/C21H17N3O3/c1-14-3-5-15(6-4-14)16-7-8-18-17(13-16)20(25)24(11-12-27-18)21(26)19-22-9-2-10-23-19/h2-10,13H,11-12H2,1H3. The van der Waals surface area contributed by atoms with Gasteiger partial charge in [-0.3, -0.25) is 14.5 Å². The predicted molar refractivity (Wildman–Crippen MR) is 99.5 cm³/mol. The van der Waals surface area contributed by atoms with Crippen LogP contribution in [0.2, 0.25) is 0 Å². The Morgan fingerprint density at radius 2 is 1.74 bits per heavy atom. The Kier molecular flexibility index (Phi) is 4.38. The van der Waals surface area contributed by atoms with Crippen molar-refractivity contribution < 1.29 is 14.3 Å². The zero-order chi connectivity index (χ0) is 18.8. The summed E-state index contributed by atoms with van der Waals surface area (Å²) in [6.45, 7) is 2.39. The summed E-state index contributed by atoms with van der Waals surface area (Å²) < 4.78 is 5.69. The zero-order valence-corrected chi connectivity index (χ0v) is 14.8. The minimum absolute atomic E-state index is 0.0102. The molecule has 0 atom stereocenters. The van der Waals surface area contributed by atoms with Crippen LogP contribution in [0.25, 0.3) is 11.1 Å². The number of amides is 2. The second-order valence-corrected chi connectivity index (χ2v) is 6.26. The van der Waals surface area contributed by atoms with Gasteiger partial charge in [-0.2, -0.15) is 0 Å². The van der Waals surface area contributed by atoms with Gasteiger partial charge in [0.05, 0.1) is 12.1 Å². The van der Waals surface area contributed by atoms with Crippen molar-refractivity contribution in [2.45, 2.75) is 6.92 Å². The molecule has 0 fully saturated rings. The van der Waals surface area contributed by atoms with Gasteiger partial charge >= 0.3 is 0 Å². The molecule has 134 valence electrons. The highest BCUT2D eigenvalue weighted by Crippen LogP contribution is 2.29. The summed E-state index contributed by atoms with van der Waals surface area (Å²) in [7, 11) is 0. The molecule has 0 aliphatic carbocycles. The maximum Gasteiger partial charge on any atom is 0.298 e. The molecule has 6 heteroatoms. The number of imide groups is 1. The number of carbonyl (C=O) groups excluding carboxylic acids is 2. The third kappa shape index (κ3) is 3.29. The van der Waals surface area contributed by atoms with Gasteiger partial charge in [0.1, 0.15) is 12.4 Å². The van der Waals surface area contributed by atoms with Gasteiger partial charge in [0.25, 0.3) is 11.8 Å². The second kappa shape index (κ2) is 6.99. The topological polar surface area (TPSA) is 72.4 Å². The van der Waals surface area contributed by atoms with E-state index in [1.807, 2.05) is 37.3 Å². The number of nitrogens with zero attached hydrogens (tertiary/aromatic N) is 3. The van der Waals surface area contributed by atoms with Crippen LogP contribution in [-0.2, 0) is 0 Å². The fraction of sp³-hybridized carbons (Fsp3) is 0.143. The molecule has 3 aromatic rings. The Morgan fingerprint density at radius 3 is 2.48 bits per heavy atom. The molecule has 6 nitrogen and oxygen atoms in total. The lowest BCUT2D eigenvalue weighted by Gasteiger charge is -2.17. The number of aryl methyl sites for hydroxylation is 1. The fourth-order valence-corrected chi connectivity index (χ4v) is 2.97. The quantitative estimate of drug-likeness (QED) is 0.658. The molecule has 0 radical (unpaired) electrons. The third-order valence-corrected chi connectivity index (χ3v) is 4.41. The van der Waals surface area contributed by atoms with Gasteiger partial charge in [-0.05, 0) is 36.2 Å². The number of aromatic nitrogens is 2. The molecule has 0 spiro atoms. The summed E-state index contributed by atoms with van der Waals surface area (Å²) >= 11 is 0.